The predicted octanol–water partition coefficient (Wildman–Crippen LogP) is 2.31. The highest BCUT2D eigenvalue weighted by atomic mass is 32.1. The van der Waals surface area contributed by atoms with Gasteiger partial charge in [-0.2, -0.15) is 0 Å². The van der Waals surface area contributed by atoms with Crippen molar-refractivity contribution in [2.75, 3.05) is 32.2 Å². The van der Waals surface area contributed by atoms with Gasteiger partial charge in [-0.05, 0) is 30.7 Å². The van der Waals surface area contributed by atoms with E-state index in [9.17, 15) is 4.79 Å². The second kappa shape index (κ2) is 8.42. The summed E-state index contributed by atoms with van der Waals surface area (Å²) in [5, 5.41) is 5.05. The average molecular weight is 361 g/mol. The summed E-state index contributed by atoms with van der Waals surface area (Å²) in [5.74, 6) is -0.0838. The zero-order valence-electron chi connectivity index (χ0n) is 14.5. The lowest BCUT2D eigenvalue weighted by molar-refractivity contribution is -0.0742. The number of amides is 1. The number of nitrogens with zero attached hydrogens (tertiary/aromatic N) is 2. The van der Waals surface area contributed by atoms with Crippen LogP contribution in [0.25, 0.3) is 0 Å². The first-order chi connectivity index (χ1) is 12.1. The van der Waals surface area contributed by atoms with E-state index in [1.165, 1.54) is 0 Å². The van der Waals surface area contributed by atoms with Crippen LogP contribution in [0.3, 0.4) is 0 Å². The average Bonchev–Trinajstić information content (AvgIpc) is 3.14. The molecule has 0 aliphatic carbocycles. The molecule has 1 aromatic carbocycles. The third kappa shape index (κ3) is 4.78. The third-order valence-corrected chi connectivity index (χ3v) is 4.83. The second-order valence-electron chi connectivity index (χ2n) is 6.21. The molecule has 25 heavy (non-hydrogen) atoms. The summed E-state index contributed by atoms with van der Waals surface area (Å²) in [5.41, 5.74) is 4.40. The smallest absolute Gasteiger partial charge is 0.251 e. The molecule has 0 radical (unpaired) electrons. The molecular formula is C18H23N3O3S. The van der Waals surface area contributed by atoms with Crippen LogP contribution in [0.2, 0.25) is 0 Å². The van der Waals surface area contributed by atoms with Gasteiger partial charge in [0.15, 0.2) is 0 Å². The molecule has 0 spiro atoms. The number of carbonyl (C=O) groups excluding carboxylic acids is 1. The van der Waals surface area contributed by atoms with Crippen molar-refractivity contribution < 1.29 is 14.3 Å². The van der Waals surface area contributed by atoms with Gasteiger partial charge in [-0.1, -0.05) is 0 Å². The predicted molar refractivity (Wildman–Crippen MR) is 98.2 cm³/mol. The Hall–Kier alpha value is -1.96. The molecular weight excluding hydrogens is 338 g/mol. The molecule has 1 aliphatic heterocycles. The van der Waals surface area contributed by atoms with E-state index in [-0.39, 0.29) is 18.1 Å². The molecule has 0 bridgehead atoms. The van der Waals surface area contributed by atoms with E-state index in [4.69, 9.17) is 9.47 Å². The van der Waals surface area contributed by atoms with E-state index >= 15 is 0 Å². The van der Waals surface area contributed by atoms with Crippen LogP contribution < -0.4 is 10.2 Å². The van der Waals surface area contributed by atoms with Crippen molar-refractivity contribution in [1.82, 2.24) is 10.3 Å². The highest BCUT2D eigenvalue weighted by Crippen LogP contribution is 2.16. The van der Waals surface area contributed by atoms with E-state index in [2.05, 4.69) is 10.3 Å². The van der Waals surface area contributed by atoms with Crippen molar-refractivity contribution in [2.45, 2.75) is 25.2 Å². The minimum atomic E-state index is -0.166. The molecule has 3 rings (SSSR count). The quantitative estimate of drug-likeness (QED) is 0.855. The fraction of sp³-hybridized carbons (Fsp3) is 0.444. The number of hydrogen-bond donors (Lipinski definition) is 1. The van der Waals surface area contributed by atoms with Crippen molar-refractivity contribution >= 4 is 22.9 Å². The Morgan fingerprint density at radius 1 is 1.40 bits per heavy atom. The lowest BCUT2D eigenvalue weighted by Crippen LogP contribution is -2.49. The fourth-order valence-electron chi connectivity index (χ4n) is 2.71. The zero-order chi connectivity index (χ0) is 17.6. The van der Waals surface area contributed by atoms with Crippen molar-refractivity contribution in [3.8, 4) is 0 Å². The highest BCUT2D eigenvalue weighted by Gasteiger charge is 2.28. The third-order valence-electron chi connectivity index (χ3n) is 4.20. The number of nitrogens with one attached hydrogen (secondary N) is 1. The lowest BCUT2D eigenvalue weighted by Gasteiger charge is -2.32. The van der Waals surface area contributed by atoms with E-state index in [1.54, 1.807) is 16.8 Å². The van der Waals surface area contributed by atoms with Gasteiger partial charge >= 0.3 is 0 Å². The molecule has 1 saturated heterocycles. The molecule has 1 N–H and O–H groups in total. The molecule has 1 aliphatic rings. The van der Waals surface area contributed by atoms with Crippen LogP contribution >= 0.6 is 11.3 Å². The molecule has 2 aromatic rings. The number of anilines is 1. The van der Waals surface area contributed by atoms with Crippen molar-refractivity contribution in [1.29, 1.82) is 0 Å². The number of benzene rings is 1. The molecule has 1 aromatic heterocycles. The van der Waals surface area contributed by atoms with Gasteiger partial charge in [0.25, 0.3) is 5.91 Å². The number of ether oxygens (including phenoxy) is 2. The molecule has 1 amide bonds. The van der Waals surface area contributed by atoms with Gasteiger partial charge in [-0.25, -0.2) is 4.98 Å². The van der Waals surface area contributed by atoms with Crippen LogP contribution in [0.4, 0.5) is 5.69 Å². The van der Waals surface area contributed by atoms with E-state index in [1.807, 2.05) is 48.6 Å². The van der Waals surface area contributed by atoms with Crippen LogP contribution in [-0.4, -0.2) is 50.3 Å². The van der Waals surface area contributed by atoms with E-state index in [0.29, 0.717) is 25.4 Å². The fourth-order valence-corrected chi connectivity index (χ4v) is 3.25. The molecule has 7 heteroatoms. The van der Waals surface area contributed by atoms with E-state index < -0.39 is 0 Å². The maximum absolute atomic E-state index is 12.5. The topological polar surface area (TPSA) is 63.7 Å². The summed E-state index contributed by atoms with van der Waals surface area (Å²) in [4.78, 5) is 18.8. The van der Waals surface area contributed by atoms with Crippen LogP contribution in [0.5, 0.6) is 0 Å². The Kier molecular flexibility index (Phi) is 6.01. The first kappa shape index (κ1) is 17.8. The largest absolute Gasteiger partial charge is 0.379 e. The van der Waals surface area contributed by atoms with Gasteiger partial charge in [0.1, 0.15) is 6.10 Å². The van der Waals surface area contributed by atoms with Gasteiger partial charge in [-0.3, -0.25) is 4.79 Å². The monoisotopic (exact) mass is 361 g/mol. The summed E-state index contributed by atoms with van der Waals surface area (Å²) in [6.45, 7) is 1.54. The summed E-state index contributed by atoms with van der Waals surface area (Å²) in [6, 6.07) is 7.50. The molecule has 1 fully saturated rings. The Morgan fingerprint density at radius 3 is 2.88 bits per heavy atom. The zero-order valence-corrected chi connectivity index (χ0v) is 15.3. The van der Waals surface area contributed by atoms with Gasteiger partial charge < -0.3 is 19.7 Å². The van der Waals surface area contributed by atoms with Gasteiger partial charge in [0.05, 0.1) is 30.5 Å². The molecule has 6 nitrogen and oxygen atoms in total. The summed E-state index contributed by atoms with van der Waals surface area (Å²) in [7, 11) is 3.95. The SMILES string of the molecule is CN(C)c1ccc(C(=O)N[C@@H]2CCOC[C@H]2OCc2cscn2)cc1. The number of thiazole rings is 1. The Morgan fingerprint density at radius 2 is 2.20 bits per heavy atom. The summed E-state index contributed by atoms with van der Waals surface area (Å²) >= 11 is 1.54. The van der Waals surface area contributed by atoms with Crippen LogP contribution in [0.15, 0.2) is 35.2 Å². The molecule has 0 unspecified atom stereocenters. The highest BCUT2D eigenvalue weighted by molar-refractivity contribution is 7.07. The van der Waals surface area contributed by atoms with Crippen LogP contribution in [0.1, 0.15) is 22.5 Å². The number of rotatable bonds is 6. The Balaban J connectivity index is 1.59. The Labute approximate surface area is 151 Å². The first-order valence-corrected chi connectivity index (χ1v) is 9.22. The molecule has 2 atom stereocenters. The maximum Gasteiger partial charge on any atom is 0.251 e. The molecule has 134 valence electrons. The molecule has 0 saturated carbocycles. The molecule has 2 heterocycles. The first-order valence-electron chi connectivity index (χ1n) is 8.28. The standard InChI is InChI=1S/C18H23N3O3S/c1-21(2)15-5-3-13(4-6-15)18(22)20-16-7-8-23-10-17(16)24-9-14-11-25-12-19-14/h3-6,11-12,16-17H,7-10H2,1-2H3,(H,20,22)/t16-,17-/m1/s1. The number of aromatic nitrogens is 1. The Bertz CT molecular complexity index is 673. The summed E-state index contributed by atoms with van der Waals surface area (Å²) < 4.78 is 11.4. The van der Waals surface area contributed by atoms with E-state index in [0.717, 1.165) is 17.8 Å². The minimum Gasteiger partial charge on any atom is -0.379 e. The number of carbonyl (C=O) groups is 1. The minimum absolute atomic E-state index is 0.0617. The maximum atomic E-state index is 12.5. The normalized spacial score (nSPS) is 20.2. The number of hydrogen-bond acceptors (Lipinski definition) is 6. The van der Waals surface area contributed by atoms with Gasteiger partial charge in [0, 0.05) is 37.3 Å². The van der Waals surface area contributed by atoms with Crippen LogP contribution in [0, 0.1) is 0 Å². The van der Waals surface area contributed by atoms with Gasteiger partial charge in [0.2, 0.25) is 0 Å². The lowest BCUT2D eigenvalue weighted by atomic mass is 10.0. The van der Waals surface area contributed by atoms with Crippen molar-refractivity contribution in [2.24, 2.45) is 0 Å². The summed E-state index contributed by atoms with van der Waals surface area (Å²) in [6.07, 6.45) is 0.573. The van der Waals surface area contributed by atoms with Gasteiger partial charge in [-0.15, -0.1) is 11.3 Å². The van der Waals surface area contributed by atoms with Crippen molar-refractivity contribution in [3.63, 3.8) is 0 Å². The second-order valence-corrected chi connectivity index (χ2v) is 6.93. The van der Waals surface area contributed by atoms with Crippen LogP contribution in [-0.2, 0) is 16.1 Å². The van der Waals surface area contributed by atoms with Crippen molar-refractivity contribution in [3.05, 3.63) is 46.4 Å².